The summed E-state index contributed by atoms with van der Waals surface area (Å²) in [4.78, 5) is 32.1. The van der Waals surface area contributed by atoms with Gasteiger partial charge in [0.25, 0.3) is 0 Å². The Hall–Kier alpha value is -2.15. The number of nitrogen functional groups attached to an aromatic ring is 1. The number of anilines is 1. The molecule has 140 valence electrons. The number of carbonyl (C=O) groups is 1. The zero-order valence-electron chi connectivity index (χ0n) is 13.9. The summed E-state index contributed by atoms with van der Waals surface area (Å²) in [7, 11) is -4.75. The Kier molecular flexibility index (Phi) is 5.69. The second-order valence-corrected chi connectivity index (χ2v) is 9.00. The maximum absolute atomic E-state index is 12.6. The van der Waals surface area contributed by atoms with Gasteiger partial charge in [-0.3, -0.25) is 9.36 Å². The number of fused-ring (bicyclic) bond motifs is 1. The molecule has 0 saturated carbocycles. The summed E-state index contributed by atoms with van der Waals surface area (Å²) in [6, 6.07) is 12.0. The number of hydrogen-bond acceptors (Lipinski definition) is 3. The van der Waals surface area contributed by atoms with E-state index in [1.165, 1.54) is 6.20 Å². The molecule has 0 aliphatic heterocycles. The summed E-state index contributed by atoms with van der Waals surface area (Å²) in [6.07, 6.45) is 2.96. The van der Waals surface area contributed by atoms with E-state index in [0.717, 1.165) is 21.6 Å². The van der Waals surface area contributed by atoms with Crippen molar-refractivity contribution >= 4 is 58.3 Å². The largest absolute Gasteiger partial charge is 0.399 e. The van der Waals surface area contributed by atoms with Gasteiger partial charge < -0.3 is 20.8 Å². The summed E-state index contributed by atoms with van der Waals surface area (Å²) in [5, 5.41) is 5.10. The number of nitrogens with two attached hydrogens (primary N) is 1. The van der Waals surface area contributed by atoms with Crippen LogP contribution < -0.4 is 11.1 Å². The van der Waals surface area contributed by atoms with E-state index in [-0.39, 0.29) is 5.56 Å². The molecule has 1 atom stereocenters. The summed E-state index contributed by atoms with van der Waals surface area (Å²) >= 11 is 6.76. The topological polar surface area (TPSA) is 113 Å². The molecular weight excluding hydrogens is 407 g/mol. The van der Waals surface area contributed by atoms with Crippen LogP contribution >= 0.6 is 30.5 Å². The van der Waals surface area contributed by atoms with Crippen molar-refractivity contribution in [2.75, 3.05) is 5.73 Å². The zero-order chi connectivity index (χ0) is 19.6. The lowest BCUT2D eigenvalue weighted by Crippen LogP contribution is -2.25. The number of benzene rings is 2. The third kappa shape index (κ3) is 4.58. The first-order chi connectivity index (χ1) is 12.8. The maximum Gasteiger partial charge on any atom is 0.342 e. The van der Waals surface area contributed by atoms with Crippen LogP contribution in [0.5, 0.6) is 0 Å². The van der Waals surface area contributed by atoms with Crippen molar-refractivity contribution in [3.8, 4) is 0 Å². The zero-order valence-corrected chi connectivity index (χ0v) is 16.5. The second kappa shape index (κ2) is 7.84. The van der Waals surface area contributed by atoms with Gasteiger partial charge in [0.2, 0.25) is 5.91 Å². The second-order valence-electron chi connectivity index (χ2n) is 5.88. The van der Waals surface area contributed by atoms with E-state index >= 15 is 0 Å². The van der Waals surface area contributed by atoms with Crippen LogP contribution in [-0.2, 0) is 9.36 Å². The monoisotopic (exact) mass is 423 g/mol. The number of carbonyl (C=O) groups excluding carboxylic acids is 1. The van der Waals surface area contributed by atoms with E-state index in [0.29, 0.717) is 16.1 Å². The summed E-state index contributed by atoms with van der Waals surface area (Å²) < 4.78 is 12.9. The molecule has 5 N–H and O–H groups in total. The Morgan fingerprint density at radius 3 is 2.59 bits per heavy atom. The van der Waals surface area contributed by atoms with Crippen molar-refractivity contribution in [2.24, 2.45) is 0 Å². The van der Waals surface area contributed by atoms with Gasteiger partial charge in [0.15, 0.2) is 10.4 Å². The highest BCUT2D eigenvalue weighted by Gasteiger charge is 2.40. The fourth-order valence-corrected chi connectivity index (χ4v) is 4.97. The molecule has 1 amide bonds. The van der Waals surface area contributed by atoms with Crippen LogP contribution in [0.25, 0.3) is 16.2 Å². The highest BCUT2D eigenvalue weighted by Crippen LogP contribution is 2.54. The number of halogens is 1. The number of rotatable bonds is 5. The summed E-state index contributed by atoms with van der Waals surface area (Å²) in [6.45, 7) is 0. The Bertz CT molecular complexity index is 1060. The normalized spacial score (nSPS) is 13.1. The first-order valence-corrected chi connectivity index (χ1v) is 10.9. The van der Waals surface area contributed by atoms with Crippen LogP contribution in [0.2, 0.25) is 5.02 Å². The third-order valence-electron chi connectivity index (χ3n) is 3.93. The molecule has 1 unspecified atom stereocenters. The van der Waals surface area contributed by atoms with E-state index in [4.69, 9.17) is 17.3 Å². The van der Waals surface area contributed by atoms with E-state index in [2.05, 4.69) is 5.32 Å². The van der Waals surface area contributed by atoms with E-state index in [1.807, 2.05) is 0 Å². The molecule has 0 aliphatic rings. The lowest BCUT2D eigenvalue weighted by Gasteiger charge is -2.15. The molecule has 0 bridgehead atoms. The van der Waals surface area contributed by atoms with Gasteiger partial charge in [-0.2, -0.15) is 0 Å². The van der Waals surface area contributed by atoms with Crippen LogP contribution in [0, 0.1) is 0 Å². The lowest BCUT2D eigenvalue weighted by molar-refractivity contribution is -0.120. The fraction of sp³-hybridized carbons (Fsp3) is 0.0556. The first kappa shape index (κ1) is 19.6. The fourth-order valence-electron chi connectivity index (χ4n) is 2.66. The van der Waals surface area contributed by atoms with Crippen LogP contribution in [0.4, 0.5) is 5.69 Å². The highest BCUT2D eigenvalue weighted by atomic mass is 35.5. The van der Waals surface area contributed by atoms with Gasteiger partial charge in [-0.1, -0.05) is 23.7 Å². The maximum atomic E-state index is 12.6. The molecule has 3 aromatic rings. The molecule has 0 radical (unpaired) electrons. The number of amides is 1. The average molecular weight is 424 g/mol. The van der Waals surface area contributed by atoms with Gasteiger partial charge in [0, 0.05) is 27.9 Å². The van der Waals surface area contributed by atoms with E-state index < -0.39 is 19.2 Å². The van der Waals surface area contributed by atoms with Crippen LogP contribution in [-0.4, -0.2) is 15.7 Å². The number of hydrogen-bond donors (Lipinski definition) is 4. The minimum atomic E-state index is -4.75. The Morgan fingerprint density at radius 2 is 1.93 bits per heavy atom. The standard InChI is InChI=1S/C18H16ClN2O4PS/c19-12-3-6-16-14(9-12)15(10-27-16)17(26(23,24)25)18(22)21-8-7-11-1-4-13(20)5-2-11/h1-10,17H,20H2,(H,21,22)(H2,23,24,25)/p+1/b8-7+. The minimum absolute atomic E-state index is 0.279. The van der Waals surface area contributed by atoms with Gasteiger partial charge >= 0.3 is 7.60 Å². The molecular formula is C18H17ClN2O4PS+. The van der Waals surface area contributed by atoms with Crippen molar-refractivity contribution in [3.05, 3.63) is 70.2 Å². The minimum Gasteiger partial charge on any atom is -0.399 e. The van der Waals surface area contributed by atoms with Gasteiger partial charge in [0.1, 0.15) is 5.38 Å². The van der Waals surface area contributed by atoms with Crippen LogP contribution in [0.3, 0.4) is 0 Å². The van der Waals surface area contributed by atoms with E-state index in [1.54, 1.807) is 53.9 Å². The molecule has 1 aromatic heterocycles. The molecule has 27 heavy (non-hydrogen) atoms. The Labute approximate surface area is 164 Å². The van der Waals surface area contributed by atoms with Crippen molar-refractivity contribution < 1.29 is 19.1 Å². The van der Waals surface area contributed by atoms with E-state index in [9.17, 15) is 19.1 Å². The molecule has 2 aromatic carbocycles. The van der Waals surface area contributed by atoms with Gasteiger partial charge in [-0.15, -0.1) is 0 Å². The molecule has 0 aliphatic carbocycles. The molecule has 0 saturated heterocycles. The van der Waals surface area contributed by atoms with Crippen molar-refractivity contribution in [2.45, 2.75) is 5.66 Å². The lowest BCUT2D eigenvalue weighted by atomic mass is 10.1. The molecule has 0 spiro atoms. The quantitative estimate of drug-likeness (QED) is 0.282. The van der Waals surface area contributed by atoms with Gasteiger partial charge in [-0.25, -0.2) is 0 Å². The van der Waals surface area contributed by atoms with Crippen LogP contribution in [0.15, 0.2) is 54.0 Å². The average Bonchev–Trinajstić information content (AvgIpc) is 2.98. The van der Waals surface area contributed by atoms with Crippen molar-refractivity contribution in [1.29, 1.82) is 0 Å². The number of nitrogens with one attached hydrogen (secondary N) is 1. The third-order valence-corrected chi connectivity index (χ3v) is 6.43. The Morgan fingerprint density at radius 1 is 1.22 bits per heavy atom. The first-order valence-electron chi connectivity index (χ1n) is 7.84. The molecule has 1 heterocycles. The van der Waals surface area contributed by atoms with Crippen molar-refractivity contribution in [1.82, 2.24) is 5.32 Å². The Balaban J connectivity index is 1.88. The summed E-state index contributed by atoms with van der Waals surface area (Å²) in [5.41, 5.74) is 5.68. The predicted molar refractivity (Wildman–Crippen MR) is 111 cm³/mol. The SMILES string of the molecule is Nc1ccc(/C=C/NC(=O)C(c2c[sH+]c3ccc(Cl)cc23)P(=O)(O)O)cc1. The molecule has 6 nitrogen and oxygen atoms in total. The van der Waals surface area contributed by atoms with Crippen LogP contribution in [0.1, 0.15) is 16.8 Å². The van der Waals surface area contributed by atoms with Crippen molar-refractivity contribution in [3.63, 3.8) is 0 Å². The molecule has 3 rings (SSSR count). The van der Waals surface area contributed by atoms with Gasteiger partial charge in [-0.05, 0) is 53.3 Å². The molecule has 9 heteroatoms. The highest BCUT2D eigenvalue weighted by molar-refractivity contribution is 7.53. The smallest absolute Gasteiger partial charge is 0.342 e. The molecule has 0 fully saturated rings. The van der Waals surface area contributed by atoms with Gasteiger partial charge in [0.05, 0.1) is 0 Å². The number of thiophene rings is 1. The predicted octanol–water partition coefficient (Wildman–Crippen LogP) is 3.88. The summed E-state index contributed by atoms with van der Waals surface area (Å²) in [5.74, 6) is -0.788.